The number of fused-ring (bicyclic) bond motifs is 1. The van der Waals surface area contributed by atoms with Gasteiger partial charge in [0.15, 0.2) is 11.5 Å². The molecule has 0 fully saturated rings. The molecule has 3 N–H and O–H groups in total. The second-order valence-electron chi connectivity index (χ2n) is 6.85. The van der Waals surface area contributed by atoms with Gasteiger partial charge in [-0.3, -0.25) is 4.98 Å². The first-order valence-electron chi connectivity index (χ1n) is 9.65. The first-order valence-corrected chi connectivity index (χ1v) is 9.65. The molecule has 0 aliphatic heterocycles. The zero-order chi connectivity index (χ0) is 21.8. The van der Waals surface area contributed by atoms with Crippen LogP contribution < -0.4 is 25.2 Å². The Morgan fingerprint density at radius 2 is 1.77 bits per heavy atom. The van der Waals surface area contributed by atoms with Crippen LogP contribution >= 0.6 is 0 Å². The maximum Gasteiger partial charge on any atom is 0.340 e. The quantitative estimate of drug-likeness (QED) is 0.401. The van der Waals surface area contributed by atoms with E-state index in [1.54, 1.807) is 21.3 Å². The number of rotatable bonds is 8. The summed E-state index contributed by atoms with van der Waals surface area (Å²) in [5, 5.41) is 10.6. The van der Waals surface area contributed by atoms with Gasteiger partial charge in [-0.1, -0.05) is 0 Å². The van der Waals surface area contributed by atoms with E-state index in [0.29, 0.717) is 30.4 Å². The molecule has 160 valence electrons. The topological polar surface area (TPSA) is 114 Å². The largest absolute Gasteiger partial charge is 0.497 e. The van der Waals surface area contributed by atoms with Crippen LogP contribution in [0.4, 0.5) is 0 Å². The number of pyridine rings is 1. The highest BCUT2D eigenvalue weighted by atomic mass is 16.5. The summed E-state index contributed by atoms with van der Waals surface area (Å²) < 4.78 is 16.2. The molecule has 9 heteroatoms. The van der Waals surface area contributed by atoms with Crippen LogP contribution in [0.25, 0.3) is 22.2 Å². The molecule has 0 amide bonds. The van der Waals surface area contributed by atoms with E-state index in [1.807, 2.05) is 36.4 Å². The molecule has 0 spiro atoms. The molecular formula is C22H23N5O4. The fraction of sp³-hybridized carbons (Fsp3) is 0.227. The van der Waals surface area contributed by atoms with E-state index in [0.717, 1.165) is 33.5 Å². The molecule has 0 unspecified atom stereocenters. The van der Waals surface area contributed by atoms with E-state index >= 15 is 0 Å². The fourth-order valence-electron chi connectivity index (χ4n) is 3.39. The third-order valence-corrected chi connectivity index (χ3v) is 4.92. The summed E-state index contributed by atoms with van der Waals surface area (Å²) in [5.41, 5.74) is 3.19. The number of aromatic amines is 2. The van der Waals surface area contributed by atoms with E-state index in [1.165, 1.54) is 0 Å². The summed E-state index contributed by atoms with van der Waals surface area (Å²) in [6, 6.07) is 13.6. The second kappa shape index (κ2) is 8.88. The van der Waals surface area contributed by atoms with E-state index in [2.05, 4.69) is 26.6 Å². The third-order valence-electron chi connectivity index (χ3n) is 4.92. The summed E-state index contributed by atoms with van der Waals surface area (Å²) in [4.78, 5) is 18.8. The number of hydrogen-bond donors (Lipinski definition) is 3. The van der Waals surface area contributed by atoms with E-state index in [4.69, 9.17) is 19.2 Å². The van der Waals surface area contributed by atoms with Crippen molar-refractivity contribution in [2.45, 2.75) is 13.1 Å². The minimum absolute atomic E-state index is 0.330. The normalized spacial score (nSPS) is 10.9. The zero-order valence-electron chi connectivity index (χ0n) is 17.5. The van der Waals surface area contributed by atoms with Crippen molar-refractivity contribution >= 4 is 10.9 Å². The fourth-order valence-corrected chi connectivity index (χ4v) is 3.39. The van der Waals surface area contributed by atoms with E-state index in [9.17, 15) is 4.79 Å². The number of methoxy groups -OCH3 is 3. The lowest BCUT2D eigenvalue weighted by Crippen LogP contribution is -2.15. The van der Waals surface area contributed by atoms with Crippen molar-refractivity contribution in [3.63, 3.8) is 0 Å². The van der Waals surface area contributed by atoms with Crippen molar-refractivity contribution in [2.24, 2.45) is 0 Å². The zero-order valence-corrected chi connectivity index (χ0v) is 17.5. The third kappa shape index (κ3) is 4.36. The number of aromatic nitrogens is 4. The van der Waals surface area contributed by atoms with Gasteiger partial charge in [-0.25, -0.2) is 14.9 Å². The minimum atomic E-state index is -0.330. The average Bonchev–Trinajstić information content (AvgIpc) is 3.22. The molecule has 4 aromatic rings. The smallest absolute Gasteiger partial charge is 0.340 e. The number of H-pyrrole nitrogens is 2. The van der Waals surface area contributed by atoms with Crippen molar-refractivity contribution in [2.75, 3.05) is 21.3 Å². The summed E-state index contributed by atoms with van der Waals surface area (Å²) in [5.74, 6) is 2.55. The maximum atomic E-state index is 11.2. The molecule has 9 nitrogen and oxygen atoms in total. The lowest BCUT2D eigenvalue weighted by atomic mass is 10.0. The predicted molar refractivity (Wildman–Crippen MR) is 117 cm³/mol. The molecular weight excluding hydrogens is 398 g/mol. The molecule has 0 radical (unpaired) electrons. The highest BCUT2D eigenvalue weighted by Crippen LogP contribution is 2.34. The number of hydrogen-bond acceptors (Lipinski definition) is 7. The van der Waals surface area contributed by atoms with Crippen molar-refractivity contribution in [3.8, 4) is 28.5 Å². The van der Waals surface area contributed by atoms with Crippen molar-refractivity contribution in [1.29, 1.82) is 0 Å². The van der Waals surface area contributed by atoms with Gasteiger partial charge in [-0.05, 0) is 42.0 Å². The highest BCUT2D eigenvalue weighted by Gasteiger charge is 2.13. The Balaban J connectivity index is 1.74. The van der Waals surface area contributed by atoms with Crippen LogP contribution in [0.2, 0.25) is 0 Å². The SMILES string of the molecule is COc1ccc2cc(CNCc3n[nH]c(=O)[nH]3)c(-c3ccc(OC)c(OC)c3)nc2c1. The Bertz CT molecular complexity index is 1260. The maximum absolute atomic E-state index is 11.2. The molecule has 31 heavy (non-hydrogen) atoms. The Morgan fingerprint density at radius 1 is 0.935 bits per heavy atom. The summed E-state index contributed by atoms with van der Waals surface area (Å²) in [6.07, 6.45) is 0. The van der Waals surface area contributed by atoms with Gasteiger partial charge >= 0.3 is 5.69 Å². The van der Waals surface area contributed by atoms with Gasteiger partial charge in [0.2, 0.25) is 0 Å². The van der Waals surface area contributed by atoms with Crippen LogP contribution in [-0.2, 0) is 13.1 Å². The van der Waals surface area contributed by atoms with Gasteiger partial charge in [-0.15, -0.1) is 0 Å². The average molecular weight is 421 g/mol. The van der Waals surface area contributed by atoms with E-state index < -0.39 is 0 Å². The molecule has 2 aromatic heterocycles. The molecule has 0 bridgehead atoms. The van der Waals surface area contributed by atoms with Crippen molar-refractivity contribution in [3.05, 3.63) is 64.3 Å². The van der Waals surface area contributed by atoms with Crippen LogP contribution in [-0.4, -0.2) is 41.5 Å². The van der Waals surface area contributed by atoms with Crippen LogP contribution in [0.3, 0.4) is 0 Å². The minimum Gasteiger partial charge on any atom is -0.497 e. The number of ether oxygens (including phenoxy) is 3. The molecule has 0 aliphatic rings. The second-order valence-corrected chi connectivity index (χ2v) is 6.85. The van der Waals surface area contributed by atoms with Gasteiger partial charge in [-0.2, -0.15) is 5.10 Å². The lowest BCUT2D eigenvalue weighted by molar-refractivity contribution is 0.355. The summed E-state index contributed by atoms with van der Waals surface area (Å²) in [7, 11) is 4.84. The van der Waals surface area contributed by atoms with Crippen LogP contribution in [0.1, 0.15) is 11.4 Å². The molecule has 0 saturated heterocycles. The Hall–Kier alpha value is -3.85. The predicted octanol–water partition coefficient (Wildman–Crippen LogP) is 2.63. The lowest BCUT2D eigenvalue weighted by Gasteiger charge is -2.14. The first-order chi connectivity index (χ1) is 15.1. The summed E-state index contributed by atoms with van der Waals surface area (Å²) >= 11 is 0. The highest BCUT2D eigenvalue weighted by molar-refractivity contribution is 5.85. The molecule has 4 rings (SSSR count). The van der Waals surface area contributed by atoms with Gasteiger partial charge in [0.25, 0.3) is 0 Å². The van der Waals surface area contributed by atoms with Gasteiger partial charge < -0.3 is 19.5 Å². The number of nitrogens with zero attached hydrogens (tertiary/aromatic N) is 2. The van der Waals surface area contributed by atoms with Crippen LogP contribution in [0, 0.1) is 0 Å². The monoisotopic (exact) mass is 421 g/mol. The molecule has 0 saturated carbocycles. The standard InChI is InChI=1S/C22H23N5O4/c1-29-16-6-4-13-8-15(11-23-12-20-25-22(28)27-26-20)21(24-17(13)10-16)14-5-7-18(30-2)19(9-14)31-3/h4-10,23H,11-12H2,1-3H3,(H2,25,26,27,28). The van der Waals surface area contributed by atoms with Gasteiger partial charge in [0.05, 0.1) is 39.1 Å². The number of nitrogens with one attached hydrogen (secondary N) is 3. The molecule has 0 aliphatic carbocycles. The van der Waals surface area contributed by atoms with Crippen LogP contribution in [0.5, 0.6) is 17.2 Å². The first kappa shape index (κ1) is 20.4. The number of benzene rings is 2. The van der Waals surface area contributed by atoms with Gasteiger partial charge in [0.1, 0.15) is 11.6 Å². The van der Waals surface area contributed by atoms with Crippen molar-refractivity contribution < 1.29 is 14.2 Å². The Morgan fingerprint density at radius 3 is 2.48 bits per heavy atom. The molecule has 2 heterocycles. The Kier molecular flexibility index (Phi) is 5.85. The molecule has 0 atom stereocenters. The van der Waals surface area contributed by atoms with E-state index in [-0.39, 0.29) is 5.69 Å². The molecule has 2 aromatic carbocycles. The Labute approximate surface area is 178 Å². The van der Waals surface area contributed by atoms with Crippen molar-refractivity contribution in [1.82, 2.24) is 25.5 Å². The summed E-state index contributed by atoms with van der Waals surface area (Å²) in [6.45, 7) is 0.929. The van der Waals surface area contributed by atoms with Crippen LogP contribution in [0.15, 0.2) is 47.3 Å². The van der Waals surface area contributed by atoms with Gasteiger partial charge in [0, 0.05) is 23.6 Å².